The van der Waals surface area contributed by atoms with Crippen LogP contribution in [0.4, 0.5) is 13.2 Å². The molecule has 1 saturated heterocycles. The number of hydrogen-bond donors (Lipinski definition) is 1. The van der Waals surface area contributed by atoms with E-state index in [2.05, 4.69) is 15.4 Å². The zero-order valence-corrected chi connectivity index (χ0v) is 18.6. The molecule has 11 heteroatoms. The van der Waals surface area contributed by atoms with Crippen LogP contribution in [0.5, 0.6) is 0 Å². The summed E-state index contributed by atoms with van der Waals surface area (Å²) in [6.45, 7) is 0.915. The minimum atomic E-state index is -4.19. The molecule has 1 aliphatic carbocycles. The van der Waals surface area contributed by atoms with Gasteiger partial charge in [-0.15, -0.1) is 0 Å². The molecule has 1 aromatic carbocycles. The zero-order chi connectivity index (χ0) is 23.6. The third-order valence-electron chi connectivity index (χ3n) is 6.39. The number of rotatable bonds is 3. The van der Waals surface area contributed by atoms with Gasteiger partial charge in [0.25, 0.3) is 0 Å². The number of hydrazone groups is 1. The standard InChI is InChI=1S/C22H24ClF3N6O/c23-16-7-3-14(4-8-16)20-18(31-11-1-2-19(31)33)12-32(30-20)21(28-13-27)29-17-9-5-15(6-10-17)22(24,25)26/h3-4,7-8,15,17-18H,1-2,5-6,9-12H2,(H,28,29). The summed E-state index contributed by atoms with van der Waals surface area (Å²) in [4.78, 5) is 18.8. The smallest absolute Gasteiger partial charge is 0.332 e. The van der Waals surface area contributed by atoms with Crippen LogP contribution in [0.25, 0.3) is 0 Å². The van der Waals surface area contributed by atoms with Crippen molar-refractivity contribution in [1.82, 2.24) is 15.2 Å². The maximum Gasteiger partial charge on any atom is 0.391 e. The van der Waals surface area contributed by atoms with E-state index in [-0.39, 0.29) is 49.6 Å². The second kappa shape index (κ2) is 9.59. The lowest BCUT2D eigenvalue weighted by Crippen LogP contribution is -2.46. The van der Waals surface area contributed by atoms with Gasteiger partial charge in [0.2, 0.25) is 11.9 Å². The fourth-order valence-corrected chi connectivity index (χ4v) is 4.78. The average molecular weight is 481 g/mol. The molecule has 0 spiro atoms. The first-order valence-electron chi connectivity index (χ1n) is 11.0. The number of nitrogens with one attached hydrogen (secondary N) is 1. The zero-order valence-electron chi connectivity index (χ0n) is 17.9. The number of benzene rings is 1. The van der Waals surface area contributed by atoms with Gasteiger partial charge in [0.15, 0.2) is 6.19 Å². The van der Waals surface area contributed by atoms with Crippen LogP contribution in [0, 0.1) is 17.4 Å². The lowest BCUT2D eigenvalue weighted by atomic mass is 9.86. The Kier molecular flexibility index (Phi) is 6.79. The summed E-state index contributed by atoms with van der Waals surface area (Å²) >= 11 is 6.02. The second-order valence-corrected chi connectivity index (χ2v) is 8.95. The minimum Gasteiger partial charge on any atom is -0.332 e. The van der Waals surface area contributed by atoms with Gasteiger partial charge in [0.1, 0.15) is 0 Å². The highest BCUT2D eigenvalue weighted by Crippen LogP contribution is 2.38. The van der Waals surface area contributed by atoms with E-state index in [1.54, 1.807) is 22.0 Å². The maximum atomic E-state index is 13.0. The van der Waals surface area contributed by atoms with Crippen LogP contribution in [-0.4, -0.2) is 58.8 Å². The van der Waals surface area contributed by atoms with E-state index in [1.165, 1.54) is 0 Å². The number of carbonyl (C=O) groups is 1. The summed E-state index contributed by atoms with van der Waals surface area (Å²) in [6, 6.07) is 6.48. The van der Waals surface area contributed by atoms with Gasteiger partial charge in [-0.1, -0.05) is 23.7 Å². The number of carbonyl (C=O) groups excluding carboxylic acids is 1. The Labute approximate surface area is 194 Å². The molecule has 1 atom stereocenters. The van der Waals surface area contributed by atoms with Gasteiger partial charge in [-0.2, -0.15) is 23.5 Å². The minimum absolute atomic E-state index is 0.0156. The molecular formula is C22H24ClF3N6O. The number of alkyl halides is 3. The Morgan fingerprint density at radius 2 is 1.91 bits per heavy atom. The van der Waals surface area contributed by atoms with Crippen molar-refractivity contribution in [1.29, 1.82) is 5.26 Å². The monoisotopic (exact) mass is 480 g/mol. The topological polar surface area (TPSA) is 84.1 Å². The van der Waals surface area contributed by atoms with Crippen molar-refractivity contribution in [3.05, 3.63) is 34.9 Å². The highest BCUT2D eigenvalue weighted by molar-refractivity contribution is 6.30. The number of nitriles is 1. The van der Waals surface area contributed by atoms with Gasteiger partial charge in [0.05, 0.1) is 30.3 Å². The van der Waals surface area contributed by atoms with Crippen molar-refractivity contribution < 1.29 is 18.0 Å². The Morgan fingerprint density at radius 3 is 2.48 bits per heavy atom. The SMILES string of the molecule is N#CNC(=NC1CCC(C(F)(F)F)CC1)N1CC(N2CCCC2=O)C(c2ccc(Cl)cc2)=N1. The summed E-state index contributed by atoms with van der Waals surface area (Å²) in [5, 5.41) is 18.6. The number of amides is 1. The molecule has 0 aromatic heterocycles. The number of aliphatic imine (C=N–C) groups is 1. The number of nitrogens with zero attached hydrogens (tertiary/aromatic N) is 5. The van der Waals surface area contributed by atoms with Gasteiger partial charge in [0, 0.05) is 23.6 Å². The van der Waals surface area contributed by atoms with Crippen molar-refractivity contribution in [2.45, 2.75) is 56.8 Å². The van der Waals surface area contributed by atoms with Crippen molar-refractivity contribution in [2.75, 3.05) is 13.1 Å². The van der Waals surface area contributed by atoms with E-state index in [9.17, 15) is 23.2 Å². The van der Waals surface area contributed by atoms with Gasteiger partial charge in [-0.25, -0.2) is 10.0 Å². The molecule has 3 aliphatic rings. The lowest BCUT2D eigenvalue weighted by Gasteiger charge is -2.29. The summed E-state index contributed by atoms with van der Waals surface area (Å²) in [7, 11) is 0. The van der Waals surface area contributed by atoms with Crippen LogP contribution in [0.15, 0.2) is 34.4 Å². The molecule has 33 heavy (non-hydrogen) atoms. The summed E-state index contributed by atoms with van der Waals surface area (Å²) in [6.07, 6.45) is -0.486. The third-order valence-corrected chi connectivity index (χ3v) is 6.64. The van der Waals surface area contributed by atoms with Gasteiger partial charge >= 0.3 is 6.18 Å². The van der Waals surface area contributed by atoms with Gasteiger partial charge < -0.3 is 4.90 Å². The summed E-state index contributed by atoms with van der Waals surface area (Å²) in [5.41, 5.74) is 1.46. The first kappa shape index (κ1) is 23.4. The Morgan fingerprint density at radius 1 is 1.21 bits per heavy atom. The first-order chi connectivity index (χ1) is 15.8. The quantitative estimate of drug-likeness (QED) is 0.308. The van der Waals surface area contributed by atoms with E-state index in [4.69, 9.17) is 11.6 Å². The molecule has 2 heterocycles. The number of guanidine groups is 1. The predicted molar refractivity (Wildman–Crippen MR) is 117 cm³/mol. The lowest BCUT2D eigenvalue weighted by molar-refractivity contribution is -0.182. The molecule has 1 saturated carbocycles. The van der Waals surface area contributed by atoms with Crippen molar-refractivity contribution in [3.8, 4) is 6.19 Å². The Bertz CT molecular complexity index is 979. The maximum absolute atomic E-state index is 13.0. The predicted octanol–water partition coefficient (Wildman–Crippen LogP) is 3.90. The number of hydrogen-bond acceptors (Lipinski definition) is 4. The van der Waals surface area contributed by atoms with E-state index in [0.29, 0.717) is 30.2 Å². The fourth-order valence-electron chi connectivity index (χ4n) is 4.66. The van der Waals surface area contributed by atoms with Crippen molar-refractivity contribution in [2.24, 2.45) is 16.0 Å². The van der Waals surface area contributed by atoms with Gasteiger partial charge in [-0.3, -0.25) is 10.1 Å². The molecular weight excluding hydrogens is 457 g/mol. The average Bonchev–Trinajstić information content (AvgIpc) is 3.40. The highest BCUT2D eigenvalue weighted by Gasteiger charge is 2.42. The van der Waals surface area contributed by atoms with Crippen LogP contribution < -0.4 is 5.32 Å². The second-order valence-electron chi connectivity index (χ2n) is 8.52. The molecule has 2 fully saturated rings. The van der Waals surface area contributed by atoms with E-state index in [0.717, 1.165) is 12.0 Å². The van der Waals surface area contributed by atoms with Crippen molar-refractivity contribution in [3.63, 3.8) is 0 Å². The van der Waals surface area contributed by atoms with Crippen LogP contribution >= 0.6 is 11.6 Å². The molecule has 1 aromatic rings. The van der Waals surface area contributed by atoms with Gasteiger partial charge in [-0.05, 0) is 44.2 Å². The first-order valence-corrected chi connectivity index (χ1v) is 11.3. The molecule has 1 unspecified atom stereocenters. The molecule has 0 bridgehead atoms. The molecule has 1 N–H and O–H groups in total. The number of halogens is 4. The van der Waals surface area contributed by atoms with Crippen LogP contribution in [0.1, 0.15) is 44.1 Å². The summed E-state index contributed by atoms with van der Waals surface area (Å²) < 4.78 is 39.0. The van der Waals surface area contributed by atoms with Crippen LogP contribution in [0.2, 0.25) is 5.02 Å². The van der Waals surface area contributed by atoms with E-state index >= 15 is 0 Å². The third kappa shape index (κ3) is 5.24. The molecule has 176 valence electrons. The highest BCUT2D eigenvalue weighted by atomic mass is 35.5. The molecule has 7 nitrogen and oxygen atoms in total. The van der Waals surface area contributed by atoms with Crippen LogP contribution in [0.3, 0.4) is 0 Å². The Balaban J connectivity index is 1.58. The molecule has 1 amide bonds. The van der Waals surface area contributed by atoms with E-state index < -0.39 is 12.1 Å². The molecule has 0 radical (unpaired) electrons. The van der Waals surface area contributed by atoms with Crippen LogP contribution in [-0.2, 0) is 4.79 Å². The molecule has 2 aliphatic heterocycles. The Hall–Kier alpha value is -2.80. The fraction of sp³-hybridized carbons (Fsp3) is 0.545. The number of likely N-dealkylation sites (tertiary alicyclic amines) is 1. The van der Waals surface area contributed by atoms with Crippen molar-refractivity contribution >= 4 is 29.2 Å². The largest absolute Gasteiger partial charge is 0.391 e. The summed E-state index contributed by atoms with van der Waals surface area (Å²) in [5.74, 6) is -1.07. The van der Waals surface area contributed by atoms with E-state index in [1.807, 2.05) is 18.3 Å². The molecule has 4 rings (SSSR count). The normalized spacial score (nSPS) is 26.4.